The fourth-order valence-corrected chi connectivity index (χ4v) is 1.50. The predicted octanol–water partition coefficient (Wildman–Crippen LogP) is -0.482. The molecular weight excluding hydrogens is 196 g/mol. The maximum atomic E-state index is 11.3. The van der Waals surface area contributed by atoms with Crippen LogP contribution in [0.15, 0.2) is 0 Å². The Kier molecular flexibility index (Phi) is 6.31. The smallest absolute Gasteiger partial charge is 0.246 e. The van der Waals surface area contributed by atoms with E-state index in [4.69, 9.17) is 9.47 Å². The second-order valence-electron chi connectivity index (χ2n) is 3.60. The molecule has 1 aliphatic rings. The number of carbonyl (C=O) groups excluding carboxylic acids is 1. The van der Waals surface area contributed by atoms with Crippen LogP contribution in [0.5, 0.6) is 0 Å². The van der Waals surface area contributed by atoms with Gasteiger partial charge in [0.05, 0.1) is 12.7 Å². The minimum atomic E-state index is -0.0643. The average molecular weight is 216 g/mol. The van der Waals surface area contributed by atoms with Gasteiger partial charge in [0, 0.05) is 13.7 Å². The number of nitrogens with one attached hydrogen (secondary N) is 2. The van der Waals surface area contributed by atoms with Gasteiger partial charge in [-0.15, -0.1) is 0 Å². The average Bonchev–Trinajstić information content (AvgIpc) is 2.28. The third-order valence-corrected chi connectivity index (χ3v) is 2.36. The Balaban J connectivity index is 2.00. The number of piperidine rings is 1. The van der Waals surface area contributed by atoms with Crippen molar-refractivity contribution >= 4 is 5.91 Å². The predicted molar refractivity (Wildman–Crippen MR) is 56.7 cm³/mol. The van der Waals surface area contributed by atoms with Gasteiger partial charge in [-0.05, 0) is 25.9 Å². The molecule has 0 radical (unpaired) electrons. The molecule has 88 valence electrons. The van der Waals surface area contributed by atoms with Crippen molar-refractivity contribution in [3.8, 4) is 0 Å². The Labute approximate surface area is 90.5 Å². The zero-order valence-electron chi connectivity index (χ0n) is 9.25. The van der Waals surface area contributed by atoms with E-state index in [0.717, 1.165) is 25.9 Å². The van der Waals surface area contributed by atoms with Gasteiger partial charge in [0.1, 0.15) is 6.61 Å². The minimum Gasteiger partial charge on any atom is -0.383 e. The summed E-state index contributed by atoms with van der Waals surface area (Å²) < 4.78 is 10.3. The van der Waals surface area contributed by atoms with E-state index in [1.807, 2.05) is 0 Å². The van der Waals surface area contributed by atoms with Crippen molar-refractivity contribution in [3.05, 3.63) is 0 Å². The Morgan fingerprint density at radius 1 is 1.47 bits per heavy atom. The van der Waals surface area contributed by atoms with E-state index in [-0.39, 0.29) is 18.6 Å². The molecule has 0 saturated carbocycles. The van der Waals surface area contributed by atoms with Crippen molar-refractivity contribution in [2.75, 3.05) is 40.0 Å². The Morgan fingerprint density at radius 3 is 2.87 bits per heavy atom. The third kappa shape index (κ3) is 5.71. The molecule has 0 aromatic rings. The summed E-state index contributed by atoms with van der Waals surface area (Å²) in [5.74, 6) is -0.0643. The van der Waals surface area contributed by atoms with E-state index in [2.05, 4.69) is 10.6 Å². The number of hydrogen-bond acceptors (Lipinski definition) is 4. The lowest BCUT2D eigenvalue weighted by Gasteiger charge is -2.22. The van der Waals surface area contributed by atoms with Gasteiger partial charge in [0.15, 0.2) is 0 Å². The molecule has 1 saturated heterocycles. The molecule has 0 aromatic carbocycles. The highest BCUT2D eigenvalue weighted by molar-refractivity contribution is 5.77. The van der Waals surface area contributed by atoms with Gasteiger partial charge >= 0.3 is 0 Å². The molecule has 5 heteroatoms. The molecule has 1 amide bonds. The van der Waals surface area contributed by atoms with Crippen LogP contribution in [0.2, 0.25) is 0 Å². The summed E-state index contributed by atoms with van der Waals surface area (Å²) in [6, 6.07) is 0. The summed E-state index contributed by atoms with van der Waals surface area (Å²) in [5, 5.41) is 5.97. The molecule has 1 rings (SSSR count). The van der Waals surface area contributed by atoms with Gasteiger partial charge < -0.3 is 20.1 Å². The maximum Gasteiger partial charge on any atom is 0.246 e. The summed E-state index contributed by atoms with van der Waals surface area (Å²) in [4.78, 5) is 11.3. The molecule has 15 heavy (non-hydrogen) atoms. The monoisotopic (exact) mass is 216 g/mol. The lowest BCUT2D eigenvalue weighted by molar-refractivity contribution is -0.128. The second-order valence-corrected chi connectivity index (χ2v) is 3.60. The summed E-state index contributed by atoms with van der Waals surface area (Å²) in [6.07, 6.45) is 2.22. The number of rotatable bonds is 6. The first kappa shape index (κ1) is 12.4. The number of ether oxygens (including phenoxy) is 2. The zero-order chi connectivity index (χ0) is 10.9. The molecule has 0 aliphatic carbocycles. The van der Waals surface area contributed by atoms with Crippen LogP contribution in [0.4, 0.5) is 0 Å². The lowest BCUT2D eigenvalue weighted by atomic mass is 10.1. The second kappa shape index (κ2) is 7.62. The summed E-state index contributed by atoms with van der Waals surface area (Å²) in [6.45, 7) is 3.21. The van der Waals surface area contributed by atoms with Crippen LogP contribution < -0.4 is 10.6 Å². The van der Waals surface area contributed by atoms with Crippen LogP contribution in [-0.2, 0) is 14.3 Å². The van der Waals surface area contributed by atoms with Crippen molar-refractivity contribution in [2.45, 2.75) is 18.9 Å². The first-order valence-electron chi connectivity index (χ1n) is 5.41. The molecule has 0 unspecified atom stereocenters. The first-order chi connectivity index (χ1) is 7.33. The van der Waals surface area contributed by atoms with E-state index in [1.165, 1.54) is 0 Å². The highest BCUT2D eigenvalue weighted by Crippen LogP contribution is 2.06. The molecule has 1 heterocycles. The van der Waals surface area contributed by atoms with Crippen LogP contribution in [0, 0.1) is 0 Å². The molecular formula is C10H20N2O3. The van der Waals surface area contributed by atoms with Crippen LogP contribution in [-0.4, -0.2) is 52.0 Å². The molecule has 1 aliphatic heterocycles. The van der Waals surface area contributed by atoms with E-state index >= 15 is 0 Å². The standard InChI is InChI=1S/C10H20N2O3/c1-14-7-6-12-10(13)8-15-9-2-4-11-5-3-9/h9,11H,2-8H2,1H3,(H,12,13). The van der Waals surface area contributed by atoms with Crippen LogP contribution >= 0.6 is 0 Å². The van der Waals surface area contributed by atoms with Crippen LogP contribution in [0.25, 0.3) is 0 Å². The van der Waals surface area contributed by atoms with E-state index in [9.17, 15) is 4.79 Å². The summed E-state index contributed by atoms with van der Waals surface area (Å²) in [5.41, 5.74) is 0. The quantitative estimate of drug-likeness (QED) is 0.589. The summed E-state index contributed by atoms with van der Waals surface area (Å²) >= 11 is 0. The molecule has 2 N–H and O–H groups in total. The van der Waals surface area contributed by atoms with Crippen LogP contribution in [0.3, 0.4) is 0 Å². The Hall–Kier alpha value is -0.650. The number of amides is 1. The van der Waals surface area contributed by atoms with Crippen molar-refractivity contribution in [1.29, 1.82) is 0 Å². The first-order valence-corrected chi connectivity index (χ1v) is 5.41. The third-order valence-electron chi connectivity index (χ3n) is 2.36. The van der Waals surface area contributed by atoms with E-state index in [1.54, 1.807) is 7.11 Å². The molecule has 5 nitrogen and oxygen atoms in total. The largest absolute Gasteiger partial charge is 0.383 e. The van der Waals surface area contributed by atoms with Crippen molar-refractivity contribution in [2.24, 2.45) is 0 Å². The molecule has 0 atom stereocenters. The normalized spacial score (nSPS) is 17.7. The van der Waals surface area contributed by atoms with Gasteiger partial charge in [-0.3, -0.25) is 4.79 Å². The summed E-state index contributed by atoms with van der Waals surface area (Å²) in [7, 11) is 1.61. The SMILES string of the molecule is COCCNC(=O)COC1CCNCC1. The van der Waals surface area contributed by atoms with E-state index in [0.29, 0.717) is 13.2 Å². The number of methoxy groups -OCH3 is 1. The van der Waals surface area contributed by atoms with Crippen LogP contribution in [0.1, 0.15) is 12.8 Å². The Bertz CT molecular complexity index is 182. The molecule has 0 aromatic heterocycles. The zero-order valence-corrected chi connectivity index (χ0v) is 9.25. The fraction of sp³-hybridized carbons (Fsp3) is 0.900. The maximum absolute atomic E-state index is 11.3. The van der Waals surface area contributed by atoms with Gasteiger partial charge in [-0.25, -0.2) is 0 Å². The lowest BCUT2D eigenvalue weighted by Crippen LogP contribution is -2.36. The minimum absolute atomic E-state index is 0.0643. The topological polar surface area (TPSA) is 59.6 Å². The Morgan fingerprint density at radius 2 is 2.20 bits per heavy atom. The number of carbonyl (C=O) groups is 1. The molecule has 0 spiro atoms. The van der Waals surface area contributed by atoms with Gasteiger partial charge in [-0.2, -0.15) is 0 Å². The van der Waals surface area contributed by atoms with Crippen molar-refractivity contribution in [3.63, 3.8) is 0 Å². The van der Waals surface area contributed by atoms with Gasteiger partial charge in [0.2, 0.25) is 5.91 Å². The molecule has 0 bridgehead atoms. The number of hydrogen-bond donors (Lipinski definition) is 2. The van der Waals surface area contributed by atoms with Gasteiger partial charge in [0.25, 0.3) is 0 Å². The van der Waals surface area contributed by atoms with Crippen molar-refractivity contribution in [1.82, 2.24) is 10.6 Å². The van der Waals surface area contributed by atoms with E-state index < -0.39 is 0 Å². The van der Waals surface area contributed by atoms with Gasteiger partial charge in [-0.1, -0.05) is 0 Å². The fourth-order valence-electron chi connectivity index (χ4n) is 1.50. The molecule has 1 fully saturated rings. The highest BCUT2D eigenvalue weighted by Gasteiger charge is 2.14. The van der Waals surface area contributed by atoms with Crippen molar-refractivity contribution < 1.29 is 14.3 Å². The highest BCUT2D eigenvalue weighted by atomic mass is 16.5.